The number of nitrogens with zero attached hydrogens (tertiary/aromatic N) is 4. The minimum Gasteiger partial charge on any atom is -0.354 e. The third-order valence-corrected chi connectivity index (χ3v) is 4.63. The molecule has 6 nitrogen and oxygen atoms in total. The summed E-state index contributed by atoms with van der Waals surface area (Å²) in [7, 11) is 2.01. The zero-order valence-corrected chi connectivity index (χ0v) is 16.3. The molecule has 0 aliphatic rings. The monoisotopic (exact) mass is 374 g/mol. The second kappa shape index (κ2) is 7.68. The van der Waals surface area contributed by atoms with Crippen LogP contribution >= 0.6 is 0 Å². The number of imidazole rings is 1. The maximum atomic E-state index is 4.67. The van der Waals surface area contributed by atoms with Gasteiger partial charge in [0.15, 0.2) is 0 Å². The lowest BCUT2D eigenvalue weighted by Crippen LogP contribution is -2.15. The molecule has 0 bridgehead atoms. The molecule has 0 saturated heterocycles. The first-order valence-electron chi connectivity index (χ1n) is 9.45. The van der Waals surface area contributed by atoms with Gasteiger partial charge in [0.1, 0.15) is 5.82 Å². The van der Waals surface area contributed by atoms with Gasteiger partial charge in [-0.1, -0.05) is 44.2 Å². The molecule has 0 fully saturated rings. The van der Waals surface area contributed by atoms with E-state index >= 15 is 0 Å². The van der Waals surface area contributed by atoms with E-state index in [9.17, 15) is 0 Å². The van der Waals surface area contributed by atoms with Gasteiger partial charge < -0.3 is 15.2 Å². The number of aromatic nitrogens is 4. The van der Waals surface area contributed by atoms with E-state index in [0.29, 0.717) is 11.9 Å². The quantitative estimate of drug-likeness (QED) is 0.491. The summed E-state index contributed by atoms with van der Waals surface area (Å²) in [5.41, 5.74) is 5.22. The Hall–Kier alpha value is -3.41. The molecule has 0 radical (unpaired) electrons. The summed E-state index contributed by atoms with van der Waals surface area (Å²) in [4.78, 5) is 18.8. The lowest BCUT2D eigenvalue weighted by atomic mass is 10.0. The van der Waals surface area contributed by atoms with Crippen LogP contribution in [0.4, 0.5) is 17.5 Å². The summed E-state index contributed by atoms with van der Waals surface area (Å²) in [6.45, 7) is 5.16. The molecule has 4 rings (SSSR count). The Morgan fingerprint density at radius 2 is 1.93 bits per heavy atom. The highest BCUT2D eigenvalue weighted by atomic mass is 15.2. The van der Waals surface area contributed by atoms with Gasteiger partial charge in [0, 0.05) is 32.5 Å². The maximum Gasteiger partial charge on any atom is 0.224 e. The SMILES string of the molecule is CC(C)CNc1nccc(N(C)c2cc(-c3ccccc3)c3nc[nH]c3c2)n1.[HH]. The van der Waals surface area contributed by atoms with Crippen LogP contribution in [0.25, 0.3) is 22.2 Å². The van der Waals surface area contributed by atoms with E-state index in [-0.39, 0.29) is 1.43 Å². The molecule has 2 aromatic carbocycles. The van der Waals surface area contributed by atoms with Crippen molar-refractivity contribution in [3.05, 3.63) is 61.1 Å². The molecule has 0 atom stereocenters. The fourth-order valence-electron chi connectivity index (χ4n) is 3.11. The molecule has 6 heteroatoms. The molecule has 0 aliphatic carbocycles. The van der Waals surface area contributed by atoms with Gasteiger partial charge in [-0.2, -0.15) is 4.98 Å². The van der Waals surface area contributed by atoms with Crippen LogP contribution < -0.4 is 10.2 Å². The van der Waals surface area contributed by atoms with Crippen LogP contribution in [0, 0.1) is 5.92 Å². The second-order valence-corrected chi connectivity index (χ2v) is 7.23. The van der Waals surface area contributed by atoms with Crippen molar-refractivity contribution in [2.75, 3.05) is 23.8 Å². The van der Waals surface area contributed by atoms with Gasteiger partial charge in [-0.05, 0) is 29.7 Å². The largest absolute Gasteiger partial charge is 0.354 e. The molecular weight excluding hydrogens is 348 g/mol. The minimum absolute atomic E-state index is 0. The first kappa shape index (κ1) is 18.0. The number of fused-ring (bicyclic) bond motifs is 1. The van der Waals surface area contributed by atoms with Gasteiger partial charge >= 0.3 is 0 Å². The van der Waals surface area contributed by atoms with Gasteiger partial charge in [-0.15, -0.1) is 0 Å². The number of aromatic amines is 1. The summed E-state index contributed by atoms with van der Waals surface area (Å²) in [6, 6.07) is 16.5. The maximum absolute atomic E-state index is 4.67. The lowest BCUT2D eigenvalue weighted by Gasteiger charge is -2.20. The van der Waals surface area contributed by atoms with E-state index in [1.807, 2.05) is 31.3 Å². The van der Waals surface area contributed by atoms with Crippen LogP contribution in [0.3, 0.4) is 0 Å². The van der Waals surface area contributed by atoms with E-state index in [0.717, 1.165) is 40.2 Å². The molecule has 0 aliphatic heterocycles. The molecule has 0 saturated carbocycles. The fourth-order valence-corrected chi connectivity index (χ4v) is 3.11. The number of benzene rings is 2. The van der Waals surface area contributed by atoms with Crippen LogP contribution in [-0.2, 0) is 0 Å². The van der Waals surface area contributed by atoms with Gasteiger partial charge in [0.25, 0.3) is 0 Å². The normalized spacial score (nSPS) is 11.1. The molecule has 2 heterocycles. The van der Waals surface area contributed by atoms with Gasteiger partial charge in [0.05, 0.1) is 17.4 Å². The molecule has 2 aromatic heterocycles. The number of hydrogen-bond acceptors (Lipinski definition) is 5. The number of hydrogen-bond donors (Lipinski definition) is 2. The Balaban J connectivity index is 0.00000240. The summed E-state index contributed by atoms with van der Waals surface area (Å²) >= 11 is 0. The van der Waals surface area contributed by atoms with Crippen LogP contribution in [-0.4, -0.2) is 33.5 Å². The first-order chi connectivity index (χ1) is 13.6. The number of H-pyrrole nitrogens is 1. The predicted molar refractivity (Wildman–Crippen MR) is 117 cm³/mol. The predicted octanol–water partition coefficient (Wildman–Crippen LogP) is 5.10. The average molecular weight is 374 g/mol. The Morgan fingerprint density at radius 1 is 1.11 bits per heavy atom. The number of rotatable bonds is 6. The summed E-state index contributed by atoms with van der Waals surface area (Å²) in [5, 5.41) is 3.29. The first-order valence-corrected chi connectivity index (χ1v) is 9.45. The number of anilines is 3. The molecule has 144 valence electrons. The van der Waals surface area contributed by atoms with E-state index in [2.05, 4.69) is 68.3 Å². The third-order valence-electron chi connectivity index (χ3n) is 4.63. The Labute approximate surface area is 166 Å². The van der Waals surface area contributed by atoms with Crippen molar-refractivity contribution in [2.45, 2.75) is 13.8 Å². The van der Waals surface area contributed by atoms with E-state index in [1.165, 1.54) is 0 Å². The van der Waals surface area contributed by atoms with Crippen LogP contribution in [0.5, 0.6) is 0 Å². The molecule has 0 spiro atoms. The van der Waals surface area contributed by atoms with Crippen molar-refractivity contribution in [3.8, 4) is 11.1 Å². The summed E-state index contributed by atoms with van der Waals surface area (Å²) in [6.07, 6.45) is 3.52. The molecule has 2 N–H and O–H groups in total. The zero-order chi connectivity index (χ0) is 19.5. The molecule has 4 aromatic rings. The lowest BCUT2D eigenvalue weighted by molar-refractivity contribution is 0.684. The van der Waals surface area contributed by atoms with Gasteiger partial charge in [-0.25, -0.2) is 9.97 Å². The van der Waals surface area contributed by atoms with Crippen LogP contribution in [0.15, 0.2) is 61.1 Å². The second-order valence-electron chi connectivity index (χ2n) is 7.23. The Morgan fingerprint density at radius 3 is 2.71 bits per heavy atom. The summed E-state index contributed by atoms with van der Waals surface area (Å²) in [5.74, 6) is 2.00. The zero-order valence-electron chi connectivity index (χ0n) is 16.3. The Kier molecular flexibility index (Phi) is 4.93. The Bertz CT molecular complexity index is 1080. The van der Waals surface area contributed by atoms with Crippen LogP contribution in [0.1, 0.15) is 15.3 Å². The molecule has 0 amide bonds. The van der Waals surface area contributed by atoms with Crippen molar-refractivity contribution in [2.24, 2.45) is 5.92 Å². The van der Waals surface area contributed by atoms with Gasteiger partial charge in [-0.3, -0.25) is 0 Å². The molecule has 0 unspecified atom stereocenters. The fraction of sp³-hybridized carbons (Fsp3) is 0.227. The van der Waals surface area contributed by atoms with Crippen molar-refractivity contribution >= 4 is 28.5 Å². The van der Waals surface area contributed by atoms with E-state index in [4.69, 9.17) is 0 Å². The molecule has 28 heavy (non-hydrogen) atoms. The van der Waals surface area contributed by atoms with Crippen molar-refractivity contribution < 1.29 is 1.43 Å². The van der Waals surface area contributed by atoms with E-state index in [1.54, 1.807) is 12.5 Å². The van der Waals surface area contributed by atoms with Crippen molar-refractivity contribution in [3.63, 3.8) is 0 Å². The standard InChI is InChI=1S/C22H24N6.H2/c1-15(2)13-24-22-23-10-9-20(27-22)28(3)17-11-18(16-7-5-4-6-8-16)21-19(12-17)25-14-26-21;/h4-12,14-15H,13H2,1-3H3,(H,25,26)(H,23,24,27);1H. The van der Waals surface area contributed by atoms with Crippen molar-refractivity contribution in [1.82, 2.24) is 19.9 Å². The highest BCUT2D eigenvalue weighted by Crippen LogP contribution is 2.33. The minimum atomic E-state index is 0. The topological polar surface area (TPSA) is 69.7 Å². The third kappa shape index (κ3) is 3.67. The summed E-state index contributed by atoms with van der Waals surface area (Å²) < 4.78 is 0. The highest BCUT2D eigenvalue weighted by Gasteiger charge is 2.13. The van der Waals surface area contributed by atoms with E-state index < -0.39 is 0 Å². The number of nitrogens with one attached hydrogen (secondary N) is 2. The smallest absolute Gasteiger partial charge is 0.224 e. The van der Waals surface area contributed by atoms with Crippen molar-refractivity contribution in [1.29, 1.82) is 0 Å². The average Bonchev–Trinajstić information content (AvgIpc) is 3.20. The van der Waals surface area contributed by atoms with Crippen LogP contribution in [0.2, 0.25) is 0 Å². The highest BCUT2D eigenvalue weighted by molar-refractivity contribution is 5.95. The van der Waals surface area contributed by atoms with Gasteiger partial charge in [0.2, 0.25) is 5.95 Å². The molecular formula is C22H26N6.